The molecule has 0 radical (unpaired) electrons. The SMILES string of the molecule is C=C(CCCC(=C)SC(C)C)Nc1ccc(CCC(=O)CC(C)=O)cc1. The molecule has 3 nitrogen and oxygen atoms in total. The fraction of sp³-hybridized carbons (Fsp3) is 0.455. The zero-order valence-electron chi connectivity index (χ0n) is 16.3. The molecule has 1 N–H and O–H groups in total. The molecule has 0 atom stereocenters. The standard InChI is InChI=1S/C22H31NO2S/c1-16(2)26-19(5)8-6-7-17(3)23-21-12-9-20(10-13-21)11-14-22(25)15-18(4)24/h9-10,12-13,16,23H,3,5-8,11,14-15H2,1-2,4H3. The third kappa shape index (κ3) is 10.2. The maximum atomic E-state index is 11.6. The van der Waals surface area contributed by atoms with Gasteiger partial charge >= 0.3 is 0 Å². The van der Waals surface area contributed by atoms with Crippen LogP contribution in [0.4, 0.5) is 5.69 Å². The first-order valence-corrected chi connectivity index (χ1v) is 10.0. The van der Waals surface area contributed by atoms with Gasteiger partial charge in [0, 0.05) is 23.1 Å². The van der Waals surface area contributed by atoms with E-state index in [0.29, 0.717) is 18.1 Å². The maximum Gasteiger partial charge on any atom is 0.140 e. The van der Waals surface area contributed by atoms with E-state index in [1.807, 2.05) is 36.0 Å². The molecule has 0 aliphatic carbocycles. The number of hydrogen-bond acceptors (Lipinski definition) is 4. The van der Waals surface area contributed by atoms with Crippen molar-refractivity contribution in [2.45, 2.75) is 64.5 Å². The Balaban J connectivity index is 2.33. The molecule has 0 amide bonds. The monoisotopic (exact) mass is 373 g/mol. The van der Waals surface area contributed by atoms with Crippen molar-refractivity contribution in [3.8, 4) is 0 Å². The number of nitrogens with one attached hydrogen (secondary N) is 1. The molecule has 4 heteroatoms. The number of allylic oxidation sites excluding steroid dienone is 2. The molecular formula is C22H31NO2S. The van der Waals surface area contributed by atoms with Gasteiger partial charge in [0.15, 0.2) is 0 Å². The molecule has 26 heavy (non-hydrogen) atoms. The minimum atomic E-state index is -0.0700. The summed E-state index contributed by atoms with van der Waals surface area (Å²) in [6.45, 7) is 14.0. The summed E-state index contributed by atoms with van der Waals surface area (Å²) in [5, 5.41) is 3.92. The third-order valence-electron chi connectivity index (χ3n) is 3.75. The Hall–Kier alpha value is -1.81. The van der Waals surface area contributed by atoms with E-state index in [2.05, 4.69) is 32.3 Å². The van der Waals surface area contributed by atoms with Crippen molar-refractivity contribution in [2.75, 3.05) is 5.32 Å². The molecule has 0 saturated carbocycles. The summed E-state index contributed by atoms with van der Waals surface area (Å²) in [5.74, 6) is -0.0651. The molecule has 0 aliphatic rings. The van der Waals surface area contributed by atoms with Crippen LogP contribution in [0.25, 0.3) is 0 Å². The Morgan fingerprint density at radius 1 is 1.08 bits per heavy atom. The summed E-state index contributed by atoms with van der Waals surface area (Å²) in [4.78, 5) is 23.8. The van der Waals surface area contributed by atoms with Crippen LogP contribution >= 0.6 is 11.8 Å². The molecule has 1 aromatic rings. The molecule has 0 heterocycles. The summed E-state index contributed by atoms with van der Waals surface area (Å²) in [5.41, 5.74) is 3.10. The van der Waals surface area contributed by atoms with Crippen LogP contribution in [0.3, 0.4) is 0 Å². The number of aryl methyl sites for hydroxylation is 1. The average molecular weight is 374 g/mol. The predicted octanol–water partition coefficient (Wildman–Crippen LogP) is 5.92. The number of benzene rings is 1. The Morgan fingerprint density at radius 2 is 1.73 bits per heavy atom. The van der Waals surface area contributed by atoms with Crippen molar-refractivity contribution in [1.82, 2.24) is 0 Å². The fourth-order valence-corrected chi connectivity index (χ4v) is 3.49. The molecule has 0 bridgehead atoms. The fourth-order valence-electron chi connectivity index (χ4n) is 2.56. The van der Waals surface area contributed by atoms with E-state index in [4.69, 9.17) is 0 Å². The van der Waals surface area contributed by atoms with Gasteiger partial charge in [0.25, 0.3) is 0 Å². The number of anilines is 1. The topological polar surface area (TPSA) is 46.2 Å². The van der Waals surface area contributed by atoms with E-state index >= 15 is 0 Å². The second-order valence-corrected chi connectivity index (χ2v) is 8.66. The first-order valence-electron chi connectivity index (χ1n) is 9.15. The summed E-state index contributed by atoms with van der Waals surface area (Å²) in [7, 11) is 0. The molecule has 0 saturated heterocycles. The van der Waals surface area contributed by atoms with Crippen LogP contribution in [0.2, 0.25) is 0 Å². The molecule has 0 aromatic heterocycles. The second kappa shape index (κ2) is 11.7. The number of carbonyl (C=O) groups excluding carboxylic acids is 2. The van der Waals surface area contributed by atoms with E-state index in [1.54, 1.807) is 0 Å². The molecule has 142 valence electrons. The van der Waals surface area contributed by atoms with E-state index in [0.717, 1.165) is 36.2 Å². The summed E-state index contributed by atoms with van der Waals surface area (Å²) < 4.78 is 0. The zero-order valence-corrected chi connectivity index (χ0v) is 17.1. The lowest BCUT2D eigenvalue weighted by Gasteiger charge is -2.12. The van der Waals surface area contributed by atoms with Gasteiger partial charge < -0.3 is 5.32 Å². The van der Waals surface area contributed by atoms with Crippen molar-refractivity contribution in [2.24, 2.45) is 0 Å². The minimum absolute atomic E-state index is 0.00490. The first kappa shape index (κ1) is 22.2. The molecular weight excluding hydrogens is 342 g/mol. The van der Waals surface area contributed by atoms with Crippen LogP contribution in [-0.2, 0) is 16.0 Å². The van der Waals surface area contributed by atoms with Crippen LogP contribution in [0.5, 0.6) is 0 Å². The van der Waals surface area contributed by atoms with Gasteiger partial charge in [-0.15, -0.1) is 11.8 Å². The van der Waals surface area contributed by atoms with E-state index < -0.39 is 0 Å². The van der Waals surface area contributed by atoms with Gasteiger partial charge in [-0.05, 0) is 55.2 Å². The molecule has 0 spiro atoms. The van der Waals surface area contributed by atoms with Crippen LogP contribution in [0, 0.1) is 0 Å². The Bertz CT molecular complexity index is 632. The van der Waals surface area contributed by atoms with Crippen molar-refractivity contribution in [3.63, 3.8) is 0 Å². The van der Waals surface area contributed by atoms with E-state index in [-0.39, 0.29) is 18.0 Å². The highest BCUT2D eigenvalue weighted by atomic mass is 32.2. The molecule has 0 aliphatic heterocycles. The molecule has 1 aromatic carbocycles. The van der Waals surface area contributed by atoms with Crippen LogP contribution in [0.1, 0.15) is 58.4 Å². The van der Waals surface area contributed by atoms with Gasteiger partial charge in [-0.1, -0.05) is 39.1 Å². The summed E-state index contributed by atoms with van der Waals surface area (Å²) >= 11 is 1.83. The van der Waals surface area contributed by atoms with Gasteiger partial charge in [-0.2, -0.15) is 0 Å². The first-order chi connectivity index (χ1) is 12.3. The van der Waals surface area contributed by atoms with Crippen molar-refractivity contribution >= 4 is 29.0 Å². The zero-order chi connectivity index (χ0) is 19.5. The highest BCUT2D eigenvalue weighted by Gasteiger charge is 2.06. The van der Waals surface area contributed by atoms with Gasteiger partial charge in [0.1, 0.15) is 11.6 Å². The van der Waals surface area contributed by atoms with Gasteiger partial charge in [-0.3, -0.25) is 9.59 Å². The number of ketones is 2. The molecule has 1 rings (SSSR count). The lowest BCUT2D eigenvalue weighted by atomic mass is 10.0. The summed E-state index contributed by atoms with van der Waals surface area (Å²) in [6.07, 6.45) is 4.10. The van der Waals surface area contributed by atoms with Crippen molar-refractivity contribution in [1.29, 1.82) is 0 Å². The largest absolute Gasteiger partial charge is 0.359 e. The van der Waals surface area contributed by atoms with Crippen molar-refractivity contribution in [3.05, 3.63) is 53.6 Å². The Morgan fingerprint density at radius 3 is 2.31 bits per heavy atom. The number of hydrogen-bond donors (Lipinski definition) is 1. The van der Waals surface area contributed by atoms with Gasteiger partial charge in [-0.25, -0.2) is 0 Å². The number of carbonyl (C=O) groups is 2. The second-order valence-electron chi connectivity index (χ2n) is 6.90. The number of Topliss-reactive ketones (excluding diaryl/α,β-unsaturated/α-hetero) is 2. The normalized spacial score (nSPS) is 10.6. The highest BCUT2D eigenvalue weighted by Crippen LogP contribution is 2.25. The highest BCUT2D eigenvalue weighted by molar-refractivity contribution is 8.03. The van der Waals surface area contributed by atoms with Crippen molar-refractivity contribution < 1.29 is 9.59 Å². The lowest BCUT2D eigenvalue weighted by molar-refractivity contribution is -0.125. The van der Waals surface area contributed by atoms with Crippen LogP contribution in [-0.4, -0.2) is 16.8 Å². The Kier molecular flexibility index (Phi) is 10.0. The smallest absolute Gasteiger partial charge is 0.140 e. The van der Waals surface area contributed by atoms with Crippen LogP contribution in [0.15, 0.2) is 48.0 Å². The van der Waals surface area contributed by atoms with Crippen LogP contribution < -0.4 is 5.32 Å². The number of thioether (sulfide) groups is 1. The molecule has 0 fully saturated rings. The Labute approximate surface area is 162 Å². The lowest BCUT2D eigenvalue weighted by Crippen LogP contribution is -2.05. The quantitative estimate of drug-likeness (QED) is 0.436. The van der Waals surface area contributed by atoms with E-state index in [9.17, 15) is 9.59 Å². The minimum Gasteiger partial charge on any atom is -0.359 e. The third-order valence-corrected chi connectivity index (χ3v) is 4.76. The average Bonchev–Trinajstić information content (AvgIpc) is 2.53. The summed E-state index contributed by atoms with van der Waals surface area (Å²) in [6, 6.07) is 8.03. The van der Waals surface area contributed by atoms with Gasteiger partial charge in [0.2, 0.25) is 0 Å². The number of rotatable bonds is 13. The maximum absolute atomic E-state index is 11.6. The predicted molar refractivity (Wildman–Crippen MR) is 114 cm³/mol. The molecule has 0 unspecified atom stereocenters. The van der Waals surface area contributed by atoms with Gasteiger partial charge in [0.05, 0.1) is 6.42 Å². The van der Waals surface area contributed by atoms with E-state index in [1.165, 1.54) is 11.8 Å².